The Morgan fingerprint density at radius 1 is 1.48 bits per heavy atom. The van der Waals surface area contributed by atoms with Crippen LogP contribution in [0.4, 0.5) is 0 Å². The number of carbonyl (C=O) groups is 1. The second-order valence-corrected chi connectivity index (χ2v) is 8.67. The number of rotatable bonds is 3. The third-order valence-electron chi connectivity index (χ3n) is 4.35. The highest BCUT2D eigenvalue weighted by molar-refractivity contribution is 7.90. The molecule has 1 unspecified atom stereocenters. The maximum absolute atomic E-state index is 12.5. The fourth-order valence-corrected chi connectivity index (χ4v) is 5.26. The highest BCUT2D eigenvalue weighted by atomic mass is 32.2. The van der Waals surface area contributed by atoms with Crippen LogP contribution in [0.1, 0.15) is 39.8 Å². The summed E-state index contributed by atoms with van der Waals surface area (Å²) in [5.41, 5.74) is 1.98. The van der Waals surface area contributed by atoms with Crippen LogP contribution in [-0.2, 0) is 29.9 Å². The minimum absolute atomic E-state index is 0.0334. The van der Waals surface area contributed by atoms with Gasteiger partial charge in [-0.3, -0.25) is 9.48 Å². The summed E-state index contributed by atoms with van der Waals surface area (Å²) >= 11 is 1.54. The van der Waals surface area contributed by atoms with E-state index >= 15 is 0 Å². The molecule has 3 rings (SSSR count). The highest BCUT2D eigenvalue weighted by Gasteiger charge is 2.27. The zero-order valence-electron chi connectivity index (χ0n) is 13.3. The van der Waals surface area contributed by atoms with Gasteiger partial charge in [0.15, 0.2) is 0 Å². The molecule has 0 spiro atoms. The zero-order chi connectivity index (χ0) is 16.8. The minimum atomic E-state index is -3.91. The second kappa shape index (κ2) is 5.76. The van der Waals surface area contributed by atoms with Gasteiger partial charge in [0.25, 0.3) is 15.9 Å². The summed E-state index contributed by atoms with van der Waals surface area (Å²) in [7, 11) is -2.25. The lowest BCUT2D eigenvalue weighted by molar-refractivity contribution is 0.0980. The van der Waals surface area contributed by atoms with E-state index in [1.807, 2.05) is 0 Å². The van der Waals surface area contributed by atoms with E-state index in [0.29, 0.717) is 17.2 Å². The predicted octanol–water partition coefficient (Wildman–Crippen LogP) is 2.03. The summed E-state index contributed by atoms with van der Waals surface area (Å²) in [6, 6.07) is 0. The first-order chi connectivity index (χ1) is 10.8. The molecular formula is C15H19N3O3S2. The lowest BCUT2D eigenvalue weighted by atomic mass is 9.88. The molecule has 1 aliphatic carbocycles. The molecule has 8 heteroatoms. The lowest BCUT2D eigenvalue weighted by Gasteiger charge is -2.18. The molecule has 1 atom stereocenters. The van der Waals surface area contributed by atoms with Gasteiger partial charge in [0.2, 0.25) is 0 Å². The average molecular weight is 353 g/mol. The minimum Gasteiger partial charge on any atom is -0.272 e. The molecule has 0 fully saturated rings. The monoisotopic (exact) mass is 353 g/mol. The Labute approximate surface area is 139 Å². The van der Waals surface area contributed by atoms with Gasteiger partial charge in [0, 0.05) is 17.3 Å². The smallest absolute Gasteiger partial charge is 0.267 e. The van der Waals surface area contributed by atoms with Crippen LogP contribution in [0.3, 0.4) is 0 Å². The van der Waals surface area contributed by atoms with Crippen molar-refractivity contribution in [2.75, 3.05) is 0 Å². The molecule has 2 aromatic rings. The molecule has 1 aliphatic rings. The van der Waals surface area contributed by atoms with Gasteiger partial charge >= 0.3 is 0 Å². The van der Waals surface area contributed by atoms with Crippen LogP contribution >= 0.6 is 11.3 Å². The number of amides is 1. The van der Waals surface area contributed by atoms with Crippen molar-refractivity contribution in [3.63, 3.8) is 0 Å². The van der Waals surface area contributed by atoms with E-state index in [9.17, 15) is 13.2 Å². The summed E-state index contributed by atoms with van der Waals surface area (Å²) in [5, 5.41) is 5.69. The number of sulfonamides is 1. The van der Waals surface area contributed by atoms with Crippen LogP contribution < -0.4 is 4.72 Å². The first-order valence-corrected chi connectivity index (χ1v) is 9.81. The molecule has 2 aromatic heterocycles. The van der Waals surface area contributed by atoms with Crippen LogP contribution in [0.15, 0.2) is 16.5 Å². The van der Waals surface area contributed by atoms with E-state index < -0.39 is 15.9 Å². The number of carbonyl (C=O) groups excluding carboxylic acids is 1. The molecule has 1 N–H and O–H groups in total. The lowest BCUT2D eigenvalue weighted by Crippen LogP contribution is -2.31. The van der Waals surface area contributed by atoms with Crippen LogP contribution in [0.5, 0.6) is 0 Å². The fourth-order valence-electron chi connectivity index (χ4n) is 2.84. The fraction of sp³-hybridized carbons (Fsp3) is 0.467. The highest BCUT2D eigenvalue weighted by Crippen LogP contribution is 2.32. The molecule has 0 aliphatic heterocycles. The van der Waals surface area contributed by atoms with Gasteiger partial charge < -0.3 is 0 Å². The van der Waals surface area contributed by atoms with E-state index in [-0.39, 0.29) is 4.90 Å². The largest absolute Gasteiger partial charge is 0.272 e. The Bertz CT molecular complexity index is 865. The first-order valence-electron chi connectivity index (χ1n) is 7.44. The van der Waals surface area contributed by atoms with E-state index in [2.05, 4.69) is 16.7 Å². The van der Waals surface area contributed by atoms with E-state index in [4.69, 9.17) is 0 Å². The first kappa shape index (κ1) is 16.2. The quantitative estimate of drug-likeness (QED) is 0.915. The Balaban J connectivity index is 1.87. The summed E-state index contributed by atoms with van der Waals surface area (Å²) in [5.74, 6) is 0.0548. The molecule has 1 amide bonds. The van der Waals surface area contributed by atoms with E-state index in [1.165, 1.54) is 15.8 Å². The van der Waals surface area contributed by atoms with Crippen molar-refractivity contribution >= 4 is 27.3 Å². The van der Waals surface area contributed by atoms with Gasteiger partial charge in [-0.15, -0.1) is 11.3 Å². The number of aryl methyl sites for hydroxylation is 1. The van der Waals surface area contributed by atoms with Gasteiger partial charge in [0.1, 0.15) is 4.90 Å². The molecule has 2 heterocycles. The van der Waals surface area contributed by atoms with Crippen molar-refractivity contribution in [3.8, 4) is 0 Å². The molecule has 0 aromatic carbocycles. The number of fused-ring (bicyclic) bond motifs is 1. The van der Waals surface area contributed by atoms with Gasteiger partial charge in [-0.2, -0.15) is 5.10 Å². The van der Waals surface area contributed by atoms with Crippen molar-refractivity contribution < 1.29 is 13.2 Å². The van der Waals surface area contributed by atoms with Gasteiger partial charge in [-0.25, -0.2) is 13.1 Å². The van der Waals surface area contributed by atoms with Crippen molar-refractivity contribution in [1.29, 1.82) is 0 Å². The Morgan fingerprint density at radius 3 is 2.87 bits per heavy atom. The SMILES string of the molecule is Cc1c(S(=O)(=O)NC(=O)c2csc3c2CCC(C)C3)cnn1C. The predicted molar refractivity (Wildman–Crippen MR) is 88.1 cm³/mol. The number of aromatic nitrogens is 2. The molecule has 23 heavy (non-hydrogen) atoms. The third kappa shape index (κ3) is 2.92. The van der Waals surface area contributed by atoms with Crippen LogP contribution in [-0.4, -0.2) is 24.1 Å². The maximum atomic E-state index is 12.5. The molecule has 0 bridgehead atoms. The maximum Gasteiger partial charge on any atom is 0.267 e. The molecule has 0 radical (unpaired) electrons. The topological polar surface area (TPSA) is 81.1 Å². The van der Waals surface area contributed by atoms with E-state index in [1.54, 1.807) is 30.7 Å². The van der Waals surface area contributed by atoms with Crippen molar-refractivity contribution in [3.05, 3.63) is 33.3 Å². The normalized spacial score (nSPS) is 17.8. The number of hydrogen-bond donors (Lipinski definition) is 1. The molecule has 124 valence electrons. The van der Waals surface area contributed by atoms with Crippen LogP contribution in [0.2, 0.25) is 0 Å². The Kier molecular flexibility index (Phi) is 4.05. The average Bonchev–Trinajstić information content (AvgIpc) is 3.03. The van der Waals surface area contributed by atoms with Crippen molar-refractivity contribution in [2.24, 2.45) is 13.0 Å². The van der Waals surface area contributed by atoms with Crippen LogP contribution in [0.25, 0.3) is 0 Å². The molecule has 0 saturated carbocycles. The second-order valence-electron chi connectivity index (χ2n) is 6.05. The third-order valence-corrected chi connectivity index (χ3v) is 6.84. The summed E-state index contributed by atoms with van der Waals surface area (Å²) in [4.78, 5) is 13.7. The van der Waals surface area contributed by atoms with E-state index in [0.717, 1.165) is 24.8 Å². The van der Waals surface area contributed by atoms with Gasteiger partial charge in [-0.05, 0) is 37.7 Å². The van der Waals surface area contributed by atoms with Gasteiger partial charge in [-0.1, -0.05) is 6.92 Å². The number of hydrogen-bond acceptors (Lipinski definition) is 5. The Morgan fingerprint density at radius 2 is 2.22 bits per heavy atom. The standard InChI is InChI=1S/C15H19N3O3S2/c1-9-4-5-11-12(8-22-13(11)6-9)15(19)17-23(20,21)14-7-16-18(3)10(14)2/h7-9H,4-6H2,1-3H3,(H,17,19). The summed E-state index contributed by atoms with van der Waals surface area (Å²) < 4.78 is 28.5. The van der Waals surface area contributed by atoms with Crippen LogP contribution in [0, 0.1) is 12.8 Å². The molecule has 6 nitrogen and oxygen atoms in total. The number of nitrogens with one attached hydrogen (secondary N) is 1. The van der Waals surface area contributed by atoms with Crippen molar-refractivity contribution in [2.45, 2.75) is 38.0 Å². The number of thiophene rings is 1. The number of nitrogens with zero attached hydrogens (tertiary/aromatic N) is 2. The molecule has 0 saturated heterocycles. The summed E-state index contributed by atoms with van der Waals surface area (Å²) in [6.45, 7) is 3.85. The Hall–Kier alpha value is -1.67. The molecular weight excluding hydrogens is 334 g/mol. The van der Waals surface area contributed by atoms with Crippen molar-refractivity contribution in [1.82, 2.24) is 14.5 Å². The zero-order valence-corrected chi connectivity index (χ0v) is 14.9. The van der Waals surface area contributed by atoms with Gasteiger partial charge in [0.05, 0.1) is 17.5 Å². The summed E-state index contributed by atoms with van der Waals surface area (Å²) in [6.07, 6.45) is 4.07.